The summed E-state index contributed by atoms with van der Waals surface area (Å²) in [5.74, 6) is 0.214. The topological polar surface area (TPSA) is 20.3 Å². The lowest BCUT2D eigenvalue weighted by molar-refractivity contribution is -0.130. The molecule has 2 nitrogen and oxygen atoms in total. The van der Waals surface area contributed by atoms with Crippen LogP contribution in [0.2, 0.25) is 0 Å². The van der Waals surface area contributed by atoms with Crippen LogP contribution in [-0.2, 0) is 4.79 Å². The predicted octanol–water partition coefficient (Wildman–Crippen LogP) is 3.16. The zero-order valence-electron chi connectivity index (χ0n) is 9.87. The lowest BCUT2D eigenvalue weighted by Gasteiger charge is -2.19. The molecule has 0 fully saturated rings. The molecule has 0 rings (SSSR count). The molecule has 15 heavy (non-hydrogen) atoms. The minimum Gasteiger partial charge on any atom is -0.335 e. The Balaban J connectivity index is 3.80. The van der Waals surface area contributed by atoms with Gasteiger partial charge >= 0.3 is 0 Å². The first kappa shape index (κ1) is 13.9. The van der Waals surface area contributed by atoms with Gasteiger partial charge in [-0.2, -0.15) is 0 Å². The van der Waals surface area contributed by atoms with Gasteiger partial charge < -0.3 is 4.90 Å². The van der Waals surface area contributed by atoms with Crippen LogP contribution in [0.5, 0.6) is 0 Å². The molecule has 0 atom stereocenters. The second-order valence-corrected chi connectivity index (χ2v) is 3.69. The maximum Gasteiger partial charge on any atom is 0.223 e. The minimum absolute atomic E-state index is 0.214. The molecular weight excluding hydrogens is 186 g/mol. The van der Waals surface area contributed by atoms with Crippen molar-refractivity contribution < 1.29 is 4.79 Å². The fourth-order valence-electron chi connectivity index (χ4n) is 1.45. The zero-order valence-corrected chi connectivity index (χ0v) is 9.87. The molecule has 0 aromatic heterocycles. The summed E-state index contributed by atoms with van der Waals surface area (Å²) >= 11 is 0. The molecule has 0 aromatic rings. The van der Waals surface area contributed by atoms with Crippen LogP contribution >= 0.6 is 0 Å². The van der Waals surface area contributed by atoms with Crippen molar-refractivity contribution in [1.29, 1.82) is 0 Å². The average molecular weight is 209 g/mol. The van der Waals surface area contributed by atoms with Gasteiger partial charge in [-0.25, -0.2) is 0 Å². The summed E-state index contributed by atoms with van der Waals surface area (Å²) in [4.78, 5) is 13.5. The Hall–Kier alpha value is -1.05. The van der Waals surface area contributed by atoms with E-state index in [4.69, 9.17) is 0 Å². The Morgan fingerprint density at radius 2 is 1.73 bits per heavy atom. The largest absolute Gasteiger partial charge is 0.335 e. The van der Waals surface area contributed by atoms with Gasteiger partial charge in [-0.05, 0) is 6.42 Å². The normalized spacial score (nSPS) is 9.67. The van der Waals surface area contributed by atoms with Crippen LogP contribution in [0.25, 0.3) is 0 Å². The summed E-state index contributed by atoms with van der Waals surface area (Å²) in [5.41, 5.74) is 0. The fraction of sp³-hybridized carbons (Fsp3) is 0.615. The molecule has 0 aromatic carbocycles. The first-order valence-corrected chi connectivity index (χ1v) is 5.75. The van der Waals surface area contributed by atoms with Crippen LogP contribution in [0.4, 0.5) is 0 Å². The van der Waals surface area contributed by atoms with Crippen molar-refractivity contribution in [1.82, 2.24) is 4.90 Å². The Bertz CT molecular complexity index is 189. The molecule has 1 amide bonds. The molecule has 0 aliphatic carbocycles. The van der Waals surface area contributed by atoms with Gasteiger partial charge in [0.2, 0.25) is 5.91 Å². The van der Waals surface area contributed by atoms with Crippen molar-refractivity contribution in [3.63, 3.8) is 0 Å². The van der Waals surface area contributed by atoms with Gasteiger partial charge in [0.1, 0.15) is 0 Å². The molecule has 0 aliphatic rings. The van der Waals surface area contributed by atoms with E-state index < -0.39 is 0 Å². The molecule has 0 aliphatic heterocycles. The Morgan fingerprint density at radius 3 is 2.20 bits per heavy atom. The van der Waals surface area contributed by atoms with E-state index in [1.807, 2.05) is 0 Å². The molecular formula is C13H23NO. The number of rotatable bonds is 9. The van der Waals surface area contributed by atoms with Gasteiger partial charge in [0.25, 0.3) is 0 Å². The molecule has 2 heteroatoms. The highest BCUT2D eigenvalue weighted by Crippen LogP contribution is 2.05. The fourth-order valence-corrected chi connectivity index (χ4v) is 1.45. The predicted molar refractivity (Wildman–Crippen MR) is 65.7 cm³/mol. The van der Waals surface area contributed by atoms with E-state index in [1.54, 1.807) is 17.1 Å². The Labute approximate surface area is 93.7 Å². The van der Waals surface area contributed by atoms with Gasteiger partial charge in [0, 0.05) is 19.5 Å². The number of carbonyl (C=O) groups is 1. The lowest BCUT2D eigenvalue weighted by Crippen LogP contribution is -2.30. The number of hydrogen-bond donors (Lipinski definition) is 0. The van der Waals surface area contributed by atoms with Gasteiger partial charge in [0.05, 0.1) is 0 Å². The van der Waals surface area contributed by atoms with Crippen LogP contribution in [0.3, 0.4) is 0 Å². The summed E-state index contributed by atoms with van der Waals surface area (Å²) in [5, 5.41) is 0. The average Bonchev–Trinajstić information content (AvgIpc) is 2.24. The third kappa shape index (κ3) is 6.95. The summed E-state index contributed by atoms with van der Waals surface area (Å²) in [6, 6.07) is 0. The highest BCUT2D eigenvalue weighted by Gasteiger charge is 2.09. The summed E-state index contributed by atoms with van der Waals surface area (Å²) in [6.07, 6.45) is 8.74. The van der Waals surface area contributed by atoms with Crippen LogP contribution in [0.1, 0.15) is 39.0 Å². The molecule has 0 saturated carbocycles. The molecule has 0 N–H and O–H groups in total. The van der Waals surface area contributed by atoms with E-state index in [2.05, 4.69) is 20.1 Å². The SMILES string of the molecule is C=CCN(CC=C)C(=O)CCCCCC. The van der Waals surface area contributed by atoms with E-state index in [9.17, 15) is 4.79 Å². The van der Waals surface area contributed by atoms with Crippen molar-refractivity contribution in [2.75, 3.05) is 13.1 Å². The number of nitrogens with zero attached hydrogens (tertiary/aromatic N) is 1. The highest BCUT2D eigenvalue weighted by molar-refractivity contribution is 5.76. The summed E-state index contributed by atoms with van der Waals surface area (Å²) in [6.45, 7) is 10.7. The van der Waals surface area contributed by atoms with E-state index in [-0.39, 0.29) is 5.91 Å². The Kier molecular flexibility index (Phi) is 8.84. The first-order chi connectivity index (χ1) is 7.26. The molecule has 0 saturated heterocycles. The molecule has 0 heterocycles. The second kappa shape index (κ2) is 9.50. The molecule has 0 spiro atoms. The van der Waals surface area contributed by atoms with Crippen LogP contribution < -0.4 is 0 Å². The first-order valence-electron chi connectivity index (χ1n) is 5.75. The van der Waals surface area contributed by atoms with Gasteiger partial charge in [-0.3, -0.25) is 4.79 Å². The zero-order chi connectivity index (χ0) is 11.5. The van der Waals surface area contributed by atoms with E-state index >= 15 is 0 Å². The third-order valence-corrected chi connectivity index (χ3v) is 2.30. The third-order valence-electron chi connectivity index (χ3n) is 2.30. The van der Waals surface area contributed by atoms with Crippen LogP contribution in [-0.4, -0.2) is 23.9 Å². The molecule has 0 unspecified atom stereocenters. The van der Waals surface area contributed by atoms with E-state index in [1.165, 1.54) is 12.8 Å². The number of unbranched alkanes of at least 4 members (excludes halogenated alkanes) is 3. The van der Waals surface area contributed by atoms with Crippen molar-refractivity contribution in [3.8, 4) is 0 Å². The number of hydrogen-bond acceptors (Lipinski definition) is 1. The van der Waals surface area contributed by atoms with Crippen molar-refractivity contribution in [2.45, 2.75) is 39.0 Å². The number of amides is 1. The van der Waals surface area contributed by atoms with E-state index in [0.717, 1.165) is 12.8 Å². The summed E-state index contributed by atoms with van der Waals surface area (Å²) in [7, 11) is 0. The smallest absolute Gasteiger partial charge is 0.223 e. The summed E-state index contributed by atoms with van der Waals surface area (Å²) < 4.78 is 0. The monoisotopic (exact) mass is 209 g/mol. The van der Waals surface area contributed by atoms with Gasteiger partial charge in [-0.1, -0.05) is 38.3 Å². The van der Waals surface area contributed by atoms with Crippen molar-refractivity contribution in [3.05, 3.63) is 25.3 Å². The highest BCUT2D eigenvalue weighted by atomic mass is 16.2. The van der Waals surface area contributed by atoms with Crippen LogP contribution in [0, 0.1) is 0 Å². The number of carbonyl (C=O) groups excluding carboxylic acids is 1. The van der Waals surface area contributed by atoms with Gasteiger partial charge in [-0.15, -0.1) is 13.2 Å². The van der Waals surface area contributed by atoms with Crippen molar-refractivity contribution >= 4 is 5.91 Å². The molecule has 0 bridgehead atoms. The molecule has 0 radical (unpaired) electrons. The Morgan fingerprint density at radius 1 is 1.13 bits per heavy atom. The van der Waals surface area contributed by atoms with Crippen LogP contribution in [0.15, 0.2) is 25.3 Å². The maximum absolute atomic E-state index is 11.7. The lowest BCUT2D eigenvalue weighted by atomic mass is 10.1. The maximum atomic E-state index is 11.7. The minimum atomic E-state index is 0.214. The van der Waals surface area contributed by atoms with E-state index in [0.29, 0.717) is 19.5 Å². The molecule has 86 valence electrons. The quantitative estimate of drug-likeness (QED) is 0.422. The standard InChI is InChI=1S/C13H23NO/c1-4-7-8-9-10-13(15)14(11-5-2)12-6-3/h5-6H,2-4,7-12H2,1H3. The van der Waals surface area contributed by atoms with Gasteiger partial charge in [0.15, 0.2) is 0 Å². The second-order valence-electron chi connectivity index (χ2n) is 3.69. The van der Waals surface area contributed by atoms with Crippen molar-refractivity contribution in [2.24, 2.45) is 0 Å².